The average molecular weight is 437 g/mol. The Morgan fingerprint density at radius 3 is 2.47 bits per heavy atom. The number of furan rings is 1. The molecule has 1 aliphatic rings. The van der Waals surface area contributed by atoms with Gasteiger partial charge in [0.2, 0.25) is 5.76 Å². The molecule has 7 heteroatoms. The highest BCUT2D eigenvalue weighted by atomic mass is 16.5. The van der Waals surface area contributed by atoms with Crippen molar-refractivity contribution in [2.24, 2.45) is 0 Å². The van der Waals surface area contributed by atoms with Crippen molar-refractivity contribution in [3.8, 4) is 5.75 Å². The van der Waals surface area contributed by atoms with Crippen molar-refractivity contribution in [3.05, 3.63) is 59.9 Å². The molecular weight excluding hydrogens is 408 g/mol. The SMILES string of the molecule is CC(C)(C)c1ccccc1OCC(=O)Nc1c(C(=O)N2CCOCC2)oc2ccccc12. The summed E-state index contributed by atoms with van der Waals surface area (Å²) in [5.74, 6) is 0.156. The zero-order chi connectivity index (χ0) is 22.7. The Morgan fingerprint density at radius 2 is 1.72 bits per heavy atom. The molecule has 0 radical (unpaired) electrons. The zero-order valence-electron chi connectivity index (χ0n) is 18.6. The van der Waals surface area contributed by atoms with Gasteiger partial charge in [0, 0.05) is 18.5 Å². The molecule has 2 amide bonds. The summed E-state index contributed by atoms with van der Waals surface area (Å²) in [5.41, 5.74) is 1.81. The molecule has 32 heavy (non-hydrogen) atoms. The van der Waals surface area contributed by atoms with Gasteiger partial charge in [-0.3, -0.25) is 9.59 Å². The summed E-state index contributed by atoms with van der Waals surface area (Å²) in [7, 11) is 0. The van der Waals surface area contributed by atoms with E-state index in [2.05, 4.69) is 26.1 Å². The number of amides is 2. The molecule has 0 aliphatic carbocycles. The Labute approximate surface area is 187 Å². The fraction of sp³-hybridized carbons (Fsp3) is 0.360. The van der Waals surface area contributed by atoms with Crippen LogP contribution in [0.3, 0.4) is 0 Å². The molecule has 1 fully saturated rings. The van der Waals surface area contributed by atoms with Crippen molar-refractivity contribution in [1.29, 1.82) is 0 Å². The molecule has 2 aromatic carbocycles. The molecule has 0 unspecified atom stereocenters. The molecule has 1 aromatic heterocycles. The van der Waals surface area contributed by atoms with E-state index in [1.54, 1.807) is 11.0 Å². The lowest BCUT2D eigenvalue weighted by Crippen LogP contribution is -2.40. The second-order valence-electron chi connectivity index (χ2n) is 8.79. The van der Waals surface area contributed by atoms with Crippen LogP contribution in [0.2, 0.25) is 0 Å². The fourth-order valence-electron chi connectivity index (χ4n) is 3.76. The van der Waals surface area contributed by atoms with Crippen molar-refractivity contribution in [1.82, 2.24) is 4.90 Å². The first kappa shape index (κ1) is 21.9. The van der Waals surface area contributed by atoms with Crippen LogP contribution in [0.4, 0.5) is 5.69 Å². The molecule has 7 nitrogen and oxygen atoms in total. The maximum absolute atomic E-state index is 13.1. The molecule has 168 valence electrons. The number of para-hydroxylation sites is 2. The minimum Gasteiger partial charge on any atom is -0.483 e. The Balaban J connectivity index is 1.55. The van der Waals surface area contributed by atoms with Crippen LogP contribution in [0.1, 0.15) is 36.9 Å². The number of anilines is 1. The van der Waals surface area contributed by atoms with Crippen molar-refractivity contribution in [2.75, 3.05) is 38.2 Å². The van der Waals surface area contributed by atoms with Crippen molar-refractivity contribution < 1.29 is 23.5 Å². The van der Waals surface area contributed by atoms with E-state index in [1.165, 1.54) is 0 Å². The number of rotatable bonds is 5. The maximum atomic E-state index is 13.1. The number of nitrogens with one attached hydrogen (secondary N) is 1. The van der Waals surface area contributed by atoms with Gasteiger partial charge in [0.1, 0.15) is 17.0 Å². The smallest absolute Gasteiger partial charge is 0.291 e. The van der Waals surface area contributed by atoms with E-state index in [0.717, 1.165) is 5.56 Å². The number of benzene rings is 2. The van der Waals surface area contributed by atoms with Gasteiger partial charge in [-0.25, -0.2) is 0 Å². The second kappa shape index (κ2) is 9.04. The molecule has 0 spiro atoms. The highest BCUT2D eigenvalue weighted by Crippen LogP contribution is 2.33. The van der Waals surface area contributed by atoms with Crippen molar-refractivity contribution >= 4 is 28.5 Å². The Bertz CT molecular complexity index is 1120. The van der Waals surface area contributed by atoms with E-state index in [-0.39, 0.29) is 29.6 Å². The first-order valence-corrected chi connectivity index (χ1v) is 10.8. The standard InChI is InChI=1S/C25H28N2O5/c1-25(2,3)18-9-5-7-11-20(18)31-16-21(28)26-22-17-8-4-6-10-19(17)32-23(22)24(29)27-12-14-30-15-13-27/h4-11H,12-16H2,1-3H3,(H,26,28). The Kier molecular flexibility index (Phi) is 6.19. The lowest BCUT2D eigenvalue weighted by molar-refractivity contribution is -0.118. The summed E-state index contributed by atoms with van der Waals surface area (Å²) in [6.45, 7) is 8.02. The van der Waals surface area contributed by atoms with Gasteiger partial charge in [0.05, 0.1) is 13.2 Å². The van der Waals surface area contributed by atoms with Crippen LogP contribution in [0.15, 0.2) is 52.9 Å². The first-order chi connectivity index (χ1) is 15.3. The first-order valence-electron chi connectivity index (χ1n) is 10.8. The third kappa shape index (κ3) is 4.62. The Morgan fingerprint density at radius 1 is 1.03 bits per heavy atom. The van der Waals surface area contributed by atoms with E-state index in [9.17, 15) is 9.59 Å². The van der Waals surface area contributed by atoms with Crippen LogP contribution in [0, 0.1) is 0 Å². The summed E-state index contributed by atoms with van der Waals surface area (Å²) in [4.78, 5) is 27.6. The summed E-state index contributed by atoms with van der Waals surface area (Å²) < 4.78 is 17.0. The fourth-order valence-corrected chi connectivity index (χ4v) is 3.76. The average Bonchev–Trinajstić information content (AvgIpc) is 3.15. The third-order valence-electron chi connectivity index (χ3n) is 5.41. The number of ether oxygens (including phenoxy) is 2. The number of carbonyl (C=O) groups is 2. The molecule has 3 aromatic rings. The molecule has 2 heterocycles. The van der Waals surface area contributed by atoms with Gasteiger partial charge < -0.3 is 24.1 Å². The summed E-state index contributed by atoms with van der Waals surface area (Å²) in [6, 6.07) is 14.9. The minimum absolute atomic E-state index is 0.119. The highest BCUT2D eigenvalue weighted by molar-refractivity contribution is 6.11. The van der Waals surface area contributed by atoms with Crippen LogP contribution in [-0.4, -0.2) is 49.6 Å². The molecule has 0 saturated carbocycles. The van der Waals surface area contributed by atoms with Gasteiger partial charge in [-0.1, -0.05) is 51.1 Å². The maximum Gasteiger partial charge on any atom is 0.291 e. The van der Waals surface area contributed by atoms with Crippen molar-refractivity contribution in [2.45, 2.75) is 26.2 Å². The van der Waals surface area contributed by atoms with Crippen molar-refractivity contribution in [3.63, 3.8) is 0 Å². The molecule has 4 rings (SSSR count). The summed E-state index contributed by atoms with van der Waals surface area (Å²) in [5, 5.41) is 3.52. The lowest BCUT2D eigenvalue weighted by atomic mass is 9.86. The van der Waals surface area contributed by atoms with E-state index in [0.29, 0.717) is 48.7 Å². The molecule has 0 bridgehead atoms. The predicted octanol–water partition coefficient (Wildman–Crippen LogP) is 4.22. The summed E-state index contributed by atoms with van der Waals surface area (Å²) in [6.07, 6.45) is 0. The number of morpholine rings is 1. The van der Waals surface area contributed by atoms with Crippen LogP contribution < -0.4 is 10.1 Å². The monoisotopic (exact) mass is 436 g/mol. The van der Waals surface area contributed by atoms with E-state index in [4.69, 9.17) is 13.9 Å². The van der Waals surface area contributed by atoms with Gasteiger partial charge >= 0.3 is 0 Å². The molecular formula is C25H28N2O5. The van der Waals surface area contributed by atoms with Crippen LogP contribution in [0.25, 0.3) is 11.0 Å². The van der Waals surface area contributed by atoms with E-state index >= 15 is 0 Å². The lowest BCUT2D eigenvalue weighted by Gasteiger charge is -2.26. The number of hydrogen-bond donors (Lipinski definition) is 1. The zero-order valence-corrected chi connectivity index (χ0v) is 18.6. The normalized spacial score (nSPS) is 14.4. The molecule has 1 aliphatic heterocycles. The number of carbonyl (C=O) groups excluding carboxylic acids is 2. The number of hydrogen-bond acceptors (Lipinski definition) is 5. The van der Waals surface area contributed by atoms with Gasteiger partial charge in [0.15, 0.2) is 6.61 Å². The Hall–Kier alpha value is -3.32. The van der Waals surface area contributed by atoms with E-state index in [1.807, 2.05) is 42.5 Å². The molecule has 1 saturated heterocycles. The summed E-state index contributed by atoms with van der Waals surface area (Å²) >= 11 is 0. The largest absolute Gasteiger partial charge is 0.483 e. The van der Waals surface area contributed by atoms with Crippen LogP contribution >= 0.6 is 0 Å². The van der Waals surface area contributed by atoms with Gasteiger partial charge in [-0.15, -0.1) is 0 Å². The topological polar surface area (TPSA) is 81.0 Å². The number of fused-ring (bicyclic) bond motifs is 1. The van der Waals surface area contributed by atoms with Gasteiger partial charge in [-0.2, -0.15) is 0 Å². The second-order valence-corrected chi connectivity index (χ2v) is 8.79. The predicted molar refractivity (Wildman–Crippen MR) is 122 cm³/mol. The number of nitrogens with zero attached hydrogens (tertiary/aromatic N) is 1. The van der Waals surface area contributed by atoms with Gasteiger partial charge in [-0.05, 0) is 29.2 Å². The highest BCUT2D eigenvalue weighted by Gasteiger charge is 2.28. The molecule has 0 atom stereocenters. The van der Waals surface area contributed by atoms with Crippen LogP contribution in [-0.2, 0) is 14.9 Å². The molecule has 1 N–H and O–H groups in total. The third-order valence-corrected chi connectivity index (χ3v) is 5.41. The van der Waals surface area contributed by atoms with E-state index < -0.39 is 0 Å². The minimum atomic E-state index is -0.365. The van der Waals surface area contributed by atoms with Crippen LogP contribution in [0.5, 0.6) is 5.75 Å². The quantitative estimate of drug-likeness (QED) is 0.648. The van der Waals surface area contributed by atoms with Gasteiger partial charge in [0.25, 0.3) is 11.8 Å².